The summed E-state index contributed by atoms with van der Waals surface area (Å²) < 4.78 is 7.42. The molecule has 0 saturated carbocycles. The van der Waals surface area contributed by atoms with Crippen LogP contribution in [0.25, 0.3) is 16.9 Å². The zero-order chi connectivity index (χ0) is 22.0. The van der Waals surface area contributed by atoms with Crippen molar-refractivity contribution in [1.82, 2.24) is 4.57 Å². The van der Waals surface area contributed by atoms with Gasteiger partial charge in [-0.1, -0.05) is 24.3 Å². The van der Waals surface area contributed by atoms with Gasteiger partial charge < -0.3 is 14.6 Å². The number of anilines is 1. The van der Waals surface area contributed by atoms with Crippen molar-refractivity contribution in [3.05, 3.63) is 101 Å². The van der Waals surface area contributed by atoms with Crippen molar-refractivity contribution in [2.45, 2.75) is 20.8 Å². The molecule has 0 atom stereocenters. The molecule has 0 fully saturated rings. The van der Waals surface area contributed by atoms with E-state index in [0.717, 1.165) is 39.6 Å². The number of aromatic nitrogens is 1. The fourth-order valence-electron chi connectivity index (χ4n) is 3.74. The van der Waals surface area contributed by atoms with Gasteiger partial charge >= 0.3 is 0 Å². The highest BCUT2D eigenvalue weighted by molar-refractivity contribution is 6.06. The number of carbonyl (C=O) groups excluding carboxylic acids is 1. The summed E-state index contributed by atoms with van der Waals surface area (Å²) in [6.07, 6.45) is 0. The SMILES string of the molecule is COc1ccc(-c2cc(C(=O)Nc3ccc(C)c(C)c3)c(C)n2-c2ccccc2)cc1. The Hall–Kier alpha value is -3.79. The van der Waals surface area contributed by atoms with Crippen molar-refractivity contribution in [2.75, 3.05) is 12.4 Å². The zero-order valence-corrected chi connectivity index (χ0v) is 18.3. The number of amides is 1. The van der Waals surface area contributed by atoms with Crippen molar-refractivity contribution in [3.63, 3.8) is 0 Å². The van der Waals surface area contributed by atoms with E-state index in [-0.39, 0.29) is 5.91 Å². The smallest absolute Gasteiger partial charge is 0.257 e. The molecule has 0 aliphatic heterocycles. The number of nitrogens with zero attached hydrogens (tertiary/aromatic N) is 1. The molecule has 4 aromatic rings. The molecule has 0 radical (unpaired) electrons. The number of nitrogens with one attached hydrogen (secondary N) is 1. The van der Waals surface area contributed by atoms with Gasteiger partial charge in [-0.25, -0.2) is 0 Å². The maximum Gasteiger partial charge on any atom is 0.257 e. The van der Waals surface area contributed by atoms with E-state index in [1.807, 2.05) is 92.7 Å². The Labute approximate surface area is 183 Å². The van der Waals surface area contributed by atoms with Crippen molar-refractivity contribution in [2.24, 2.45) is 0 Å². The first-order valence-electron chi connectivity index (χ1n) is 10.3. The Balaban J connectivity index is 1.78. The Bertz CT molecular complexity index is 1220. The van der Waals surface area contributed by atoms with Gasteiger partial charge in [-0.3, -0.25) is 4.79 Å². The Morgan fingerprint density at radius 1 is 0.839 bits per heavy atom. The van der Waals surface area contributed by atoms with E-state index in [1.165, 1.54) is 5.56 Å². The molecule has 0 aliphatic carbocycles. The molecule has 4 rings (SSSR count). The standard InChI is InChI=1S/C27H26N2O2/c1-18-10-13-22(16-19(18)2)28-27(30)25-17-26(21-11-14-24(31-4)15-12-21)29(20(25)3)23-8-6-5-7-9-23/h5-17H,1-4H3,(H,28,30). The monoisotopic (exact) mass is 410 g/mol. The average Bonchev–Trinajstić information content (AvgIpc) is 3.14. The molecule has 3 aromatic carbocycles. The topological polar surface area (TPSA) is 43.3 Å². The van der Waals surface area contributed by atoms with Gasteiger partial charge in [0.05, 0.1) is 18.4 Å². The number of carbonyl (C=O) groups is 1. The molecule has 0 aliphatic rings. The van der Waals surface area contributed by atoms with Crippen LogP contribution in [0.15, 0.2) is 78.9 Å². The lowest BCUT2D eigenvalue weighted by molar-refractivity contribution is 0.102. The molecule has 31 heavy (non-hydrogen) atoms. The average molecular weight is 411 g/mol. The van der Waals surface area contributed by atoms with Gasteiger partial charge in [0, 0.05) is 17.1 Å². The first kappa shape index (κ1) is 20.5. The highest BCUT2D eigenvalue weighted by Gasteiger charge is 2.20. The molecule has 156 valence electrons. The van der Waals surface area contributed by atoms with Gasteiger partial charge in [0.15, 0.2) is 0 Å². The summed E-state index contributed by atoms with van der Waals surface area (Å²) >= 11 is 0. The van der Waals surface area contributed by atoms with Gasteiger partial charge in [0.1, 0.15) is 5.75 Å². The van der Waals surface area contributed by atoms with Gasteiger partial charge in [-0.05, 0) is 92.1 Å². The Morgan fingerprint density at radius 2 is 1.55 bits per heavy atom. The number of aryl methyl sites for hydroxylation is 2. The van der Waals surface area contributed by atoms with Gasteiger partial charge in [0.25, 0.3) is 5.91 Å². The van der Waals surface area contributed by atoms with Crippen LogP contribution in [0.3, 0.4) is 0 Å². The molecule has 0 bridgehead atoms. The van der Waals surface area contributed by atoms with Gasteiger partial charge in [-0.15, -0.1) is 0 Å². The number of hydrogen-bond donors (Lipinski definition) is 1. The minimum atomic E-state index is -0.120. The normalized spacial score (nSPS) is 10.7. The van der Waals surface area contributed by atoms with Crippen molar-refractivity contribution in [3.8, 4) is 22.7 Å². The summed E-state index contributed by atoms with van der Waals surface area (Å²) in [7, 11) is 1.65. The molecular weight excluding hydrogens is 384 g/mol. The summed E-state index contributed by atoms with van der Waals surface area (Å²) in [4.78, 5) is 13.2. The van der Waals surface area contributed by atoms with Gasteiger partial charge in [-0.2, -0.15) is 0 Å². The summed E-state index contributed by atoms with van der Waals surface area (Å²) in [5.41, 5.74) is 7.66. The number of rotatable bonds is 5. The van der Waals surface area contributed by atoms with E-state index in [2.05, 4.69) is 16.8 Å². The summed E-state index contributed by atoms with van der Waals surface area (Å²) in [6, 6.07) is 25.9. The minimum Gasteiger partial charge on any atom is -0.497 e. The fourth-order valence-corrected chi connectivity index (χ4v) is 3.74. The van der Waals surface area contributed by atoms with E-state index >= 15 is 0 Å². The third-order valence-electron chi connectivity index (χ3n) is 5.66. The molecular formula is C27H26N2O2. The second-order valence-electron chi connectivity index (χ2n) is 7.68. The number of para-hydroxylation sites is 1. The third kappa shape index (κ3) is 4.10. The third-order valence-corrected chi connectivity index (χ3v) is 5.66. The molecule has 0 saturated heterocycles. The number of ether oxygens (including phenoxy) is 1. The maximum atomic E-state index is 13.2. The lowest BCUT2D eigenvalue weighted by Crippen LogP contribution is -2.13. The minimum absolute atomic E-state index is 0.120. The number of methoxy groups -OCH3 is 1. The second kappa shape index (κ2) is 8.52. The molecule has 4 nitrogen and oxygen atoms in total. The van der Waals surface area contributed by atoms with Crippen LogP contribution in [0.4, 0.5) is 5.69 Å². The predicted octanol–water partition coefficient (Wildman–Crippen LogP) is 6.33. The molecule has 0 unspecified atom stereocenters. The quantitative estimate of drug-likeness (QED) is 0.418. The summed E-state index contributed by atoms with van der Waals surface area (Å²) in [6.45, 7) is 6.09. The van der Waals surface area contributed by atoms with E-state index < -0.39 is 0 Å². The second-order valence-corrected chi connectivity index (χ2v) is 7.68. The van der Waals surface area contributed by atoms with E-state index in [9.17, 15) is 4.79 Å². The largest absolute Gasteiger partial charge is 0.497 e. The number of hydrogen-bond acceptors (Lipinski definition) is 2. The molecule has 1 aromatic heterocycles. The lowest BCUT2D eigenvalue weighted by atomic mass is 10.1. The number of benzene rings is 3. The van der Waals surface area contributed by atoms with E-state index in [0.29, 0.717) is 5.56 Å². The fraction of sp³-hybridized carbons (Fsp3) is 0.148. The van der Waals surface area contributed by atoms with Crippen molar-refractivity contribution < 1.29 is 9.53 Å². The molecule has 4 heteroatoms. The zero-order valence-electron chi connectivity index (χ0n) is 18.3. The molecule has 1 N–H and O–H groups in total. The van der Waals surface area contributed by atoms with Crippen LogP contribution in [0.2, 0.25) is 0 Å². The molecule has 1 heterocycles. The first-order chi connectivity index (χ1) is 15.0. The summed E-state index contributed by atoms with van der Waals surface area (Å²) in [5.74, 6) is 0.677. The van der Waals surface area contributed by atoms with Crippen molar-refractivity contribution >= 4 is 11.6 Å². The Morgan fingerprint density at radius 3 is 2.19 bits per heavy atom. The lowest BCUT2D eigenvalue weighted by Gasteiger charge is -2.13. The highest BCUT2D eigenvalue weighted by atomic mass is 16.5. The highest BCUT2D eigenvalue weighted by Crippen LogP contribution is 2.31. The van der Waals surface area contributed by atoms with E-state index in [4.69, 9.17) is 4.74 Å². The molecule has 0 spiro atoms. The molecule has 1 amide bonds. The van der Waals surface area contributed by atoms with Gasteiger partial charge in [0.2, 0.25) is 0 Å². The van der Waals surface area contributed by atoms with Crippen molar-refractivity contribution in [1.29, 1.82) is 0 Å². The van der Waals surface area contributed by atoms with Crippen LogP contribution in [-0.4, -0.2) is 17.6 Å². The predicted molar refractivity (Wildman–Crippen MR) is 126 cm³/mol. The van der Waals surface area contributed by atoms with Crippen LogP contribution in [0.1, 0.15) is 27.2 Å². The maximum absolute atomic E-state index is 13.2. The van der Waals surface area contributed by atoms with Crippen LogP contribution >= 0.6 is 0 Å². The van der Waals surface area contributed by atoms with Crippen LogP contribution in [0.5, 0.6) is 5.75 Å². The van der Waals surface area contributed by atoms with Crippen LogP contribution in [-0.2, 0) is 0 Å². The van der Waals surface area contributed by atoms with Crippen LogP contribution < -0.4 is 10.1 Å². The van der Waals surface area contributed by atoms with E-state index in [1.54, 1.807) is 7.11 Å². The van der Waals surface area contributed by atoms with Crippen LogP contribution in [0, 0.1) is 20.8 Å². The first-order valence-corrected chi connectivity index (χ1v) is 10.3. The Kier molecular flexibility index (Phi) is 5.63. The summed E-state index contributed by atoms with van der Waals surface area (Å²) in [5, 5.41) is 3.06.